The van der Waals surface area contributed by atoms with Crippen LogP contribution in [-0.2, 0) is 16.0 Å². The number of benzene rings is 2. The van der Waals surface area contributed by atoms with E-state index >= 15 is 0 Å². The Bertz CT molecular complexity index is 801. The molecule has 2 aromatic rings. The molecule has 0 saturated heterocycles. The molecule has 0 unspecified atom stereocenters. The first-order valence-electron chi connectivity index (χ1n) is 8.52. The summed E-state index contributed by atoms with van der Waals surface area (Å²) in [6.45, 7) is 0.483. The molecule has 2 aromatic carbocycles. The summed E-state index contributed by atoms with van der Waals surface area (Å²) in [4.78, 5) is 25.0. The Morgan fingerprint density at radius 3 is 2.46 bits per heavy atom. The number of nitrogens with one attached hydrogen (secondary N) is 2. The van der Waals surface area contributed by atoms with Gasteiger partial charge in [-0.1, -0.05) is 29.8 Å². The van der Waals surface area contributed by atoms with E-state index in [4.69, 9.17) is 16.3 Å². The molecule has 0 bridgehead atoms. The molecular weight excluding hydrogens is 352 g/mol. The minimum atomic E-state index is -0.956. The second-order valence-corrected chi connectivity index (χ2v) is 6.84. The average molecular weight is 373 g/mol. The predicted octanol–water partition coefficient (Wildman–Crippen LogP) is 3.43. The molecule has 1 fully saturated rings. The zero-order valence-corrected chi connectivity index (χ0v) is 15.3. The maximum absolute atomic E-state index is 12.5. The molecule has 5 nitrogen and oxygen atoms in total. The third kappa shape index (κ3) is 4.17. The first-order valence-corrected chi connectivity index (χ1v) is 8.89. The fourth-order valence-electron chi connectivity index (χ4n) is 2.78. The van der Waals surface area contributed by atoms with Gasteiger partial charge in [0.05, 0.1) is 7.11 Å². The molecule has 0 aliphatic heterocycles. The molecule has 1 saturated carbocycles. The molecule has 1 aliphatic carbocycles. The van der Waals surface area contributed by atoms with Crippen LogP contribution in [0.5, 0.6) is 5.75 Å². The van der Waals surface area contributed by atoms with E-state index in [0.29, 0.717) is 36.5 Å². The SMILES string of the molecule is COc1ccc(CCNC(=O)C2(C(=O)Nc3cccc(Cl)c3)CC2)cc1. The van der Waals surface area contributed by atoms with Crippen LogP contribution in [0, 0.1) is 5.41 Å². The minimum absolute atomic E-state index is 0.217. The Hall–Kier alpha value is -2.53. The Kier molecular flexibility index (Phi) is 5.47. The van der Waals surface area contributed by atoms with Crippen molar-refractivity contribution < 1.29 is 14.3 Å². The highest BCUT2D eigenvalue weighted by atomic mass is 35.5. The lowest BCUT2D eigenvalue weighted by atomic mass is 10.0. The Labute approximate surface area is 157 Å². The van der Waals surface area contributed by atoms with Crippen molar-refractivity contribution in [3.63, 3.8) is 0 Å². The van der Waals surface area contributed by atoms with E-state index in [-0.39, 0.29) is 11.8 Å². The number of methoxy groups -OCH3 is 1. The van der Waals surface area contributed by atoms with Gasteiger partial charge in [0.1, 0.15) is 11.2 Å². The highest BCUT2D eigenvalue weighted by molar-refractivity contribution is 6.31. The quantitative estimate of drug-likeness (QED) is 0.732. The molecule has 2 N–H and O–H groups in total. The molecule has 0 heterocycles. The number of rotatable bonds is 7. The highest BCUT2D eigenvalue weighted by Gasteiger charge is 2.56. The zero-order chi connectivity index (χ0) is 18.6. The van der Waals surface area contributed by atoms with Crippen LogP contribution in [0.15, 0.2) is 48.5 Å². The van der Waals surface area contributed by atoms with Crippen molar-refractivity contribution in [2.75, 3.05) is 19.0 Å². The lowest BCUT2D eigenvalue weighted by molar-refractivity contribution is -0.134. The standard InChI is InChI=1S/C20H21ClN2O3/c1-26-17-7-5-14(6-8-17)9-12-22-18(24)20(10-11-20)19(25)23-16-4-2-3-15(21)13-16/h2-8,13H,9-12H2,1H3,(H,22,24)(H,23,25). The Morgan fingerprint density at radius 1 is 1.12 bits per heavy atom. The van der Waals surface area contributed by atoms with Gasteiger partial charge in [-0.05, 0) is 55.2 Å². The van der Waals surface area contributed by atoms with Gasteiger partial charge in [-0.25, -0.2) is 0 Å². The van der Waals surface area contributed by atoms with Crippen LogP contribution in [0.1, 0.15) is 18.4 Å². The molecule has 136 valence electrons. The summed E-state index contributed by atoms with van der Waals surface area (Å²) >= 11 is 5.93. The van der Waals surface area contributed by atoms with Crippen LogP contribution in [0.3, 0.4) is 0 Å². The van der Waals surface area contributed by atoms with Gasteiger partial charge in [0.25, 0.3) is 0 Å². The fourth-order valence-corrected chi connectivity index (χ4v) is 2.97. The third-order valence-corrected chi connectivity index (χ3v) is 4.80. The summed E-state index contributed by atoms with van der Waals surface area (Å²) < 4.78 is 5.12. The second-order valence-electron chi connectivity index (χ2n) is 6.40. The molecule has 6 heteroatoms. The van der Waals surface area contributed by atoms with Crippen molar-refractivity contribution in [1.29, 1.82) is 0 Å². The summed E-state index contributed by atoms with van der Waals surface area (Å²) in [6, 6.07) is 14.6. The van der Waals surface area contributed by atoms with Crippen molar-refractivity contribution in [1.82, 2.24) is 5.32 Å². The van der Waals surface area contributed by atoms with Crippen LogP contribution in [0.4, 0.5) is 5.69 Å². The molecule has 0 radical (unpaired) electrons. The van der Waals surface area contributed by atoms with E-state index in [0.717, 1.165) is 11.3 Å². The molecule has 0 aromatic heterocycles. The zero-order valence-electron chi connectivity index (χ0n) is 14.5. The van der Waals surface area contributed by atoms with Gasteiger partial charge in [-0.3, -0.25) is 9.59 Å². The Morgan fingerprint density at radius 2 is 1.85 bits per heavy atom. The van der Waals surface area contributed by atoms with E-state index in [1.165, 1.54) is 0 Å². The van der Waals surface area contributed by atoms with Crippen LogP contribution in [0.2, 0.25) is 5.02 Å². The van der Waals surface area contributed by atoms with Crippen molar-refractivity contribution in [2.45, 2.75) is 19.3 Å². The van der Waals surface area contributed by atoms with Gasteiger partial charge >= 0.3 is 0 Å². The van der Waals surface area contributed by atoms with Crippen LogP contribution in [-0.4, -0.2) is 25.5 Å². The molecule has 26 heavy (non-hydrogen) atoms. The molecule has 2 amide bonds. The second kappa shape index (κ2) is 7.79. The van der Waals surface area contributed by atoms with Gasteiger partial charge < -0.3 is 15.4 Å². The van der Waals surface area contributed by atoms with Crippen molar-refractivity contribution >= 4 is 29.1 Å². The van der Waals surface area contributed by atoms with Gasteiger partial charge in [0, 0.05) is 17.3 Å². The van der Waals surface area contributed by atoms with E-state index in [2.05, 4.69) is 10.6 Å². The number of carbonyl (C=O) groups excluding carboxylic acids is 2. The smallest absolute Gasteiger partial charge is 0.240 e. The van der Waals surface area contributed by atoms with Crippen LogP contribution < -0.4 is 15.4 Å². The predicted molar refractivity (Wildman–Crippen MR) is 101 cm³/mol. The molecular formula is C20H21ClN2O3. The summed E-state index contributed by atoms with van der Waals surface area (Å²) in [5, 5.41) is 6.21. The number of anilines is 1. The summed E-state index contributed by atoms with van der Waals surface area (Å²) in [6.07, 6.45) is 1.82. The number of hydrogen-bond acceptors (Lipinski definition) is 3. The summed E-state index contributed by atoms with van der Waals surface area (Å²) in [5.41, 5.74) is 0.738. The van der Waals surface area contributed by atoms with Crippen molar-refractivity contribution in [3.8, 4) is 5.75 Å². The molecule has 3 rings (SSSR count). The van der Waals surface area contributed by atoms with E-state index < -0.39 is 5.41 Å². The number of halogens is 1. The van der Waals surface area contributed by atoms with Crippen molar-refractivity contribution in [3.05, 3.63) is 59.1 Å². The first kappa shape index (κ1) is 18.3. The van der Waals surface area contributed by atoms with Gasteiger partial charge in [0.15, 0.2) is 0 Å². The number of ether oxygens (including phenoxy) is 1. The summed E-state index contributed by atoms with van der Waals surface area (Å²) in [5.74, 6) is 0.305. The lowest BCUT2D eigenvalue weighted by Gasteiger charge is -2.15. The van der Waals surface area contributed by atoms with Gasteiger partial charge in [-0.2, -0.15) is 0 Å². The average Bonchev–Trinajstić information content (AvgIpc) is 3.44. The highest BCUT2D eigenvalue weighted by Crippen LogP contribution is 2.46. The minimum Gasteiger partial charge on any atom is -0.497 e. The van der Waals surface area contributed by atoms with Gasteiger partial charge in [-0.15, -0.1) is 0 Å². The largest absolute Gasteiger partial charge is 0.497 e. The maximum atomic E-state index is 12.5. The number of hydrogen-bond donors (Lipinski definition) is 2. The summed E-state index contributed by atoms with van der Waals surface area (Å²) in [7, 11) is 1.62. The first-order chi connectivity index (χ1) is 12.5. The topological polar surface area (TPSA) is 67.4 Å². The van der Waals surface area contributed by atoms with Crippen LogP contribution in [0.25, 0.3) is 0 Å². The molecule has 0 atom stereocenters. The van der Waals surface area contributed by atoms with Gasteiger partial charge in [0.2, 0.25) is 11.8 Å². The van der Waals surface area contributed by atoms with Crippen LogP contribution >= 0.6 is 11.6 Å². The maximum Gasteiger partial charge on any atom is 0.240 e. The van der Waals surface area contributed by atoms with E-state index in [1.807, 2.05) is 24.3 Å². The number of amides is 2. The third-order valence-electron chi connectivity index (χ3n) is 4.56. The molecule has 1 aliphatic rings. The van der Waals surface area contributed by atoms with E-state index in [9.17, 15) is 9.59 Å². The normalized spacial score (nSPS) is 14.4. The monoisotopic (exact) mass is 372 g/mol. The van der Waals surface area contributed by atoms with Crippen molar-refractivity contribution in [2.24, 2.45) is 5.41 Å². The fraction of sp³-hybridized carbons (Fsp3) is 0.300. The lowest BCUT2D eigenvalue weighted by Crippen LogP contribution is -2.40. The number of carbonyl (C=O) groups is 2. The van der Waals surface area contributed by atoms with E-state index in [1.54, 1.807) is 31.4 Å². The Balaban J connectivity index is 1.52. The molecule has 0 spiro atoms.